The average molecular weight is 370 g/mol. The minimum Gasteiger partial charge on any atom is -0.433 e. The van der Waals surface area contributed by atoms with Crippen molar-refractivity contribution in [3.8, 4) is 5.75 Å². The second-order valence-corrected chi connectivity index (χ2v) is 7.16. The van der Waals surface area contributed by atoms with Crippen LogP contribution in [0, 0.1) is 0 Å². The van der Waals surface area contributed by atoms with E-state index in [9.17, 15) is 17.2 Å². The lowest BCUT2D eigenvalue weighted by atomic mass is 10.1. The molecule has 8 heteroatoms. The number of para-hydroxylation sites is 1. The highest BCUT2D eigenvalue weighted by molar-refractivity contribution is 7.89. The number of rotatable bonds is 9. The second-order valence-electron chi connectivity index (χ2n) is 5.25. The molecule has 0 radical (unpaired) electrons. The van der Waals surface area contributed by atoms with E-state index in [1.54, 1.807) is 0 Å². The van der Waals surface area contributed by atoms with Crippen LogP contribution in [-0.4, -0.2) is 39.0 Å². The number of hydrogen-bond acceptors (Lipinski definition) is 4. The molecule has 0 amide bonds. The molecule has 0 aliphatic heterocycles. The van der Waals surface area contributed by atoms with E-state index in [1.807, 2.05) is 30.3 Å². The van der Waals surface area contributed by atoms with Crippen LogP contribution < -0.4 is 10.5 Å². The Morgan fingerprint density at radius 2 is 1.64 bits per heavy atom. The Morgan fingerprint density at radius 3 is 2.28 bits per heavy atom. The van der Waals surface area contributed by atoms with Gasteiger partial charge >= 0.3 is 6.61 Å². The molecule has 0 spiro atoms. The highest BCUT2D eigenvalue weighted by Gasteiger charge is 2.27. The SMILES string of the molecule is NCCN(CCc1ccccc1)S(=O)(=O)c1ccccc1OC(F)F. The molecule has 5 nitrogen and oxygen atoms in total. The summed E-state index contributed by atoms with van der Waals surface area (Å²) >= 11 is 0. The van der Waals surface area contributed by atoms with Gasteiger partial charge in [0.2, 0.25) is 10.0 Å². The molecule has 2 aromatic carbocycles. The Bertz CT molecular complexity index is 770. The Morgan fingerprint density at radius 1 is 1.00 bits per heavy atom. The standard InChI is InChI=1S/C17H20F2N2O3S/c18-17(19)24-15-8-4-5-9-16(15)25(22,23)21(13-11-20)12-10-14-6-2-1-3-7-14/h1-9,17H,10-13,20H2. The van der Waals surface area contributed by atoms with Gasteiger partial charge in [0.1, 0.15) is 10.6 Å². The first-order chi connectivity index (χ1) is 11.9. The smallest absolute Gasteiger partial charge is 0.387 e. The van der Waals surface area contributed by atoms with Gasteiger partial charge in [0.15, 0.2) is 0 Å². The summed E-state index contributed by atoms with van der Waals surface area (Å²) in [7, 11) is -4.01. The molecule has 0 saturated carbocycles. The number of nitrogens with two attached hydrogens (primary N) is 1. The van der Waals surface area contributed by atoms with Crippen LogP contribution in [0.25, 0.3) is 0 Å². The summed E-state index contributed by atoms with van der Waals surface area (Å²) in [5, 5.41) is 0. The third-order valence-corrected chi connectivity index (χ3v) is 5.49. The summed E-state index contributed by atoms with van der Waals surface area (Å²) < 4.78 is 56.4. The highest BCUT2D eigenvalue weighted by Crippen LogP contribution is 2.28. The maximum Gasteiger partial charge on any atom is 0.387 e. The van der Waals surface area contributed by atoms with Crippen LogP contribution in [0.4, 0.5) is 8.78 Å². The molecule has 0 unspecified atom stereocenters. The van der Waals surface area contributed by atoms with Gasteiger partial charge in [0.05, 0.1) is 0 Å². The molecule has 0 heterocycles. The van der Waals surface area contributed by atoms with E-state index < -0.39 is 16.6 Å². The maximum atomic E-state index is 12.9. The Kier molecular flexibility index (Phi) is 6.86. The van der Waals surface area contributed by atoms with Crippen molar-refractivity contribution < 1.29 is 21.9 Å². The molecular formula is C17H20F2N2O3S. The zero-order valence-corrected chi connectivity index (χ0v) is 14.3. The minimum absolute atomic E-state index is 0.0815. The third kappa shape index (κ3) is 5.22. The lowest BCUT2D eigenvalue weighted by Crippen LogP contribution is -2.37. The molecule has 25 heavy (non-hydrogen) atoms. The van der Waals surface area contributed by atoms with Crippen LogP contribution in [0.2, 0.25) is 0 Å². The number of hydrogen-bond donors (Lipinski definition) is 1. The van der Waals surface area contributed by atoms with Crippen LogP contribution in [0.15, 0.2) is 59.5 Å². The third-order valence-electron chi connectivity index (χ3n) is 3.55. The fourth-order valence-electron chi connectivity index (χ4n) is 2.39. The van der Waals surface area contributed by atoms with Crippen LogP contribution in [0.5, 0.6) is 5.75 Å². The van der Waals surface area contributed by atoms with Gasteiger partial charge < -0.3 is 10.5 Å². The van der Waals surface area contributed by atoms with Gasteiger partial charge in [-0.1, -0.05) is 42.5 Å². The molecule has 0 atom stereocenters. The normalized spacial score (nSPS) is 11.9. The average Bonchev–Trinajstić information content (AvgIpc) is 2.59. The van der Waals surface area contributed by atoms with Crippen molar-refractivity contribution in [1.29, 1.82) is 0 Å². The first-order valence-electron chi connectivity index (χ1n) is 7.73. The Balaban J connectivity index is 2.27. The number of ether oxygens (including phenoxy) is 1. The van der Waals surface area contributed by atoms with E-state index in [-0.39, 0.29) is 30.3 Å². The maximum absolute atomic E-state index is 12.9. The zero-order valence-electron chi connectivity index (χ0n) is 13.5. The van der Waals surface area contributed by atoms with Crippen molar-refractivity contribution in [2.75, 3.05) is 19.6 Å². The van der Waals surface area contributed by atoms with Gasteiger partial charge in [-0.3, -0.25) is 0 Å². The van der Waals surface area contributed by atoms with Gasteiger partial charge in [-0.15, -0.1) is 0 Å². The van der Waals surface area contributed by atoms with Gasteiger partial charge in [-0.2, -0.15) is 13.1 Å². The number of sulfonamides is 1. The predicted molar refractivity (Wildman–Crippen MR) is 91.0 cm³/mol. The van der Waals surface area contributed by atoms with Crippen LogP contribution >= 0.6 is 0 Å². The monoisotopic (exact) mass is 370 g/mol. The Hall–Kier alpha value is -2.03. The van der Waals surface area contributed by atoms with E-state index in [0.29, 0.717) is 6.42 Å². The molecule has 2 N–H and O–H groups in total. The zero-order chi connectivity index (χ0) is 18.3. The molecule has 0 aromatic heterocycles. The van der Waals surface area contributed by atoms with Crippen molar-refractivity contribution in [3.05, 3.63) is 60.2 Å². The van der Waals surface area contributed by atoms with E-state index in [1.165, 1.54) is 28.6 Å². The Labute approximate surface area is 146 Å². The summed E-state index contributed by atoms with van der Waals surface area (Å²) in [6.07, 6.45) is 0.484. The van der Waals surface area contributed by atoms with Crippen molar-refractivity contribution in [3.63, 3.8) is 0 Å². The number of alkyl halides is 2. The fourth-order valence-corrected chi connectivity index (χ4v) is 3.97. The molecule has 0 bridgehead atoms. The molecule has 2 rings (SSSR count). The van der Waals surface area contributed by atoms with Crippen molar-refractivity contribution in [1.82, 2.24) is 4.31 Å². The van der Waals surface area contributed by atoms with Crippen molar-refractivity contribution in [2.45, 2.75) is 17.9 Å². The molecule has 2 aromatic rings. The van der Waals surface area contributed by atoms with E-state index >= 15 is 0 Å². The van der Waals surface area contributed by atoms with Crippen LogP contribution in [0.1, 0.15) is 5.56 Å². The molecule has 0 aliphatic rings. The molecular weight excluding hydrogens is 350 g/mol. The van der Waals surface area contributed by atoms with E-state index in [2.05, 4.69) is 4.74 Å². The fraction of sp³-hybridized carbons (Fsp3) is 0.294. The van der Waals surface area contributed by atoms with Gasteiger partial charge in [-0.25, -0.2) is 8.42 Å². The molecule has 136 valence electrons. The van der Waals surface area contributed by atoms with Gasteiger partial charge in [0.25, 0.3) is 0 Å². The van der Waals surface area contributed by atoms with Crippen molar-refractivity contribution >= 4 is 10.0 Å². The predicted octanol–water partition coefficient (Wildman–Crippen LogP) is 2.48. The second kappa shape index (κ2) is 8.89. The highest BCUT2D eigenvalue weighted by atomic mass is 32.2. The molecule has 0 saturated heterocycles. The summed E-state index contributed by atoms with van der Waals surface area (Å²) in [5.41, 5.74) is 6.50. The lowest BCUT2D eigenvalue weighted by molar-refractivity contribution is -0.0517. The summed E-state index contributed by atoms with van der Waals surface area (Å²) in [5.74, 6) is -0.376. The number of halogens is 2. The minimum atomic E-state index is -4.01. The summed E-state index contributed by atoms with van der Waals surface area (Å²) in [6, 6.07) is 14.7. The number of nitrogens with zero attached hydrogens (tertiary/aromatic N) is 1. The molecule has 0 fully saturated rings. The summed E-state index contributed by atoms with van der Waals surface area (Å²) in [4.78, 5) is -0.295. The quantitative estimate of drug-likeness (QED) is 0.736. The summed E-state index contributed by atoms with van der Waals surface area (Å²) in [6.45, 7) is -2.72. The lowest BCUT2D eigenvalue weighted by Gasteiger charge is -2.23. The van der Waals surface area contributed by atoms with Gasteiger partial charge in [-0.05, 0) is 24.1 Å². The number of benzene rings is 2. The molecule has 0 aliphatic carbocycles. The first-order valence-corrected chi connectivity index (χ1v) is 9.17. The topological polar surface area (TPSA) is 72.6 Å². The van der Waals surface area contributed by atoms with Gasteiger partial charge in [0, 0.05) is 19.6 Å². The first kappa shape index (κ1) is 19.3. The van der Waals surface area contributed by atoms with Crippen molar-refractivity contribution in [2.24, 2.45) is 5.73 Å². The van der Waals surface area contributed by atoms with E-state index in [4.69, 9.17) is 5.73 Å². The van der Waals surface area contributed by atoms with Crippen LogP contribution in [-0.2, 0) is 16.4 Å². The van der Waals surface area contributed by atoms with Crippen LogP contribution in [0.3, 0.4) is 0 Å². The van der Waals surface area contributed by atoms with E-state index in [0.717, 1.165) is 5.56 Å². The largest absolute Gasteiger partial charge is 0.433 e.